The van der Waals surface area contributed by atoms with E-state index in [0.717, 1.165) is 60.9 Å². The predicted octanol–water partition coefficient (Wildman–Crippen LogP) is 4.52. The van der Waals surface area contributed by atoms with Crippen LogP contribution in [0.4, 0.5) is 0 Å². The van der Waals surface area contributed by atoms with Crippen molar-refractivity contribution in [2.75, 3.05) is 13.1 Å². The fourth-order valence-electron chi connectivity index (χ4n) is 3.99. The maximum atomic E-state index is 13.5. The lowest BCUT2D eigenvalue weighted by Gasteiger charge is -2.30. The van der Waals surface area contributed by atoms with Gasteiger partial charge in [0.05, 0.1) is 0 Å². The Kier molecular flexibility index (Phi) is 5.53. The highest BCUT2D eigenvalue weighted by atomic mass is 32.2. The smallest absolute Gasteiger partial charge is 0.240 e. The van der Waals surface area contributed by atoms with Crippen molar-refractivity contribution in [2.45, 2.75) is 48.6 Å². The fourth-order valence-corrected chi connectivity index (χ4v) is 5.18. The quantitative estimate of drug-likeness (QED) is 0.550. The summed E-state index contributed by atoms with van der Waals surface area (Å²) in [5.74, 6) is 1.04. The molecule has 7 heteroatoms. The van der Waals surface area contributed by atoms with Gasteiger partial charge in [-0.05, 0) is 49.8 Å². The van der Waals surface area contributed by atoms with Crippen LogP contribution < -0.4 is 0 Å². The number of nitrogens with zero attached hydrogens (tertiary/aromatic N) is 5. The number of aromatic nitrogens is 4. The Bertz CT molecular complexity index is 997. The number of piperidine rings is 1. The Balaban J connectivity index is 1.49. The SMILES string of the molecule is O=C([C@@H](Sc1nnc(-c2ccncc2)n1C1CC1)c1ccccc1)N1CCCCC1. The summed E-state index contributed by atoms with van der Waals surface area (Å²) in [4.78, 5) is 19.7. The molecule has 0 spiro atoms. The Morgan fingerprint density at radius 3 is 2.40 bits per heavy atom. The van der Waals surface area contributed by atoms with Gasteiger partial charge in [-0.3, -0.25) is 14.3 Å². The van der Waals surface area contributed by atoms with Gasteiger partial charge in [0.15, 0.2) is 11.0 Å². The van der Waals surface area contributed by atoms with Crippen LogP contribution in [0.15, 0.2) is 60.0 Å². The first kappa shape index (κ1) is 19.3. The van der Waals surface area contributed by atoms with E-state index >= 15 is 0 Å². The number of carbonyl (C=O) groups is 1. The van der Waals surface area contributed by atoms with Gasteiger partial charge in [0, 0.05) is 37.1 Å². The summed E-state index contributed by atoms with van der Waals surface area (Å²) in [6, 6.07) is 14.4. The molecule has 3 aromatic rings. The van der Waals surface area contributed by atoms with Crippen LogP contribution in [-0.4, -0.2) is 43.6 Å². The van der Waals surface area contributed by atoms with Crippen LogP contribution in [0, 0.1) is 0 Å². The molecule has 6 nitrogen and oxygen atoms in total. The predicted molar refractivity (Wildman–Crippen MR) is 117 cm³/mol. The topological polar surface area (TPSA) is 63.9 Å². The largest absolute Gasteiger partial charge is 0.341 e. The first-order valence-electron chi connectivity index (χ1n) is 10.7. The van der Waals surface area contributed by atoms with Crippen molar-refractivity contribution in [3.8, 4) is 11.4 Å². The van der Waals surface area contributed by atoms with E-state index in [2.05, 4.69) is 19.7 Å². The molecule has 0 N–H and O–H groups in total. The van der Waals surface area contributed by atoms with Crippen molar-refractivity contribution in [3.63, 3.8) is 0 Å². The Morgan fingerprint density at radius 2 is 1.70 bits per heavy atom. The van der Waals surface area contributed by atoms with E-state index in [4.69, 9.17) is 0 Å². The Hall–Kier alpha value is -2.67. The van der Waals surface area contributed by atoms with Gasteiger partial charge in [-0.1, -0.05) is 42.1 Å². The second-order valence-electron chi connectivity index (χ2n) is 7.94. The molecule has 0 bridgehead atoms. The molecule has 0 unspecified atom stereocenters. The summed E-state index contributed by atoms with van der Waals surface area (Å²) in [5.41, 5.74) is 2.03. The monoisotopic (exact) mass is 419 g/mol. The molecule has 2 aromatic heterocycles. The van der Waals surface area contributed by atoms with Gasteiger partial charge in [0.1, 0.15) is 5.25 Å². The number of carbonyl (C=O) groups excluding carboxylic acids is 1. The molecule has 1 aliphatic carbocycles. The van der Waals surface area contributed by atoms with Crippen LogP contribution >= 0.6 is 11.8 Å². The molecule has 1 saturated heterocycles. The summed E-state index contributed by atoms with van der Waals surface area (Å²) in [6.45, 7) is 1.70. The third-order valence-corrected chi connectivity index (χ3v) is 6.93. The van der Waals surface area contributed by atoms with Crippen molar-refractivity contribution in [3.05, 3.63) is 60.4 Å². The maximum absolute atomic E-state index is 13.5. The van der Waals surface area contributed by atoms with Gasteiger partial charge in [0.2, 0.25) is 5.91 Å². The third kappa shape index (κ3) is 3.99. The zero-order valence-corrected chi connectivity index (χ0v) is 17.7. The minimum absolute atomic E-state index is 0.182. The molecule has 154 valence electrons. The molecule has 1 aromatic carbocycles. The molecule has 5 rings (SSSR count). The highest BCUT2D eigenvalue weighted by molar-refractivity contribution is 8.00. The molecule has 1 amide bonds. The second kappa shape index (κ2) is 8.60. The van der Waals surface area contributed by atoms with Crippen molar-refractivity contribution >= 4 is 17.7 Å². The molecular formula is C23H25N5OS. The standard InChI is InChI=1S/C23H25N5OS/c29-22(27-15-5-2-6-16-27)20(17-7-3-1-4-8-17)30-23-26-25-21(28(23)19-9-10-19)18-11-13-24-14-12-18/h1,3-4,7-8,11-14,19-20H,2,5-6,9-10,15-16H2/t20-/m0/s1. The first-order chi connectivity index (χ1) is 14.8. The molecule has 30 heavy (non-hydrogen) atoms. The van der Waals surface area contributed by atoms with Crippen LogP contribution in [0.3, 0.4) is 0 Å². The van der Waals surface area contributed by atoms with Gasteiger partial charge in [-0.2, -0.15) is 0 Å². The van der Waals surface area contributed by atoms with Gasteiger partial charge in [0.25, 0.3) is 0 Å². The van der Waals surface area contributed by atoms with E-state index in [1.54, 1.807) is 12.4 Å². The number of benzene rings is 1. The van der Waals surface area contributed by atoms with Gasteiger partial charge in [-0.15, -0.1) is 10.2 Å². The lowest BCUT2D eigenvalue weighted by Crippen LogP contribution is -2.38. The number of likely N-dealkylation sites (tertiary alicyclic amines) is 1. The van der Waals surface area contributed by atoms with E-state index < -0.39 is 0 Å². The lowest BCUT2D eigenvalue weighted by molar-refractivity contribution is -0.131. The fraction of sp³-hybridized carbons (Fsp3) is 0.391. The van der Waals surface area contributed by atoms with Crippen molar-refractivity contribution in [1.29, 1.82) is 0 Å². The van der Waals surface area contributed by atoms with Crippen molar-refractivity contribution in [2.24, 2.45) is 0 Å². The lowest BCUT2D eigenvalue weighted by atomic mass is 10.1. The van der Waals surface area contributed by atoms with Crippen molar-refractivity contribution in [1.82, 2.24) is 24.6 Å². The number of thioether (sulfide) groups is 1. The van der Waals surface area contributed by atoms with E-state index in [1.807, 2.05) is 47.4 Å². The molecular weight excluding hydrogens is 394 g/mol. The number of hydrogen-bond acceptors (Lipinski definition) is 5. The summed E-state index contributed by atoms with van der Waals surface area (Å²) >= 11 is 1.54. The van der Waals surface area contributed by atoms with Crippen LogP contribution in [0.2, 0.25) is 0 Å². The normalized spacial score (nSPS) is 17.7. The summed E-state index contributed by atoms with van der Waals surface area (Å²) in [6.07, 6.45) is 9.18. The highest BCUT2D eigenvalue weighted by Gasteiger charge is 2.34. The molecule has 1 atom stereocenters. The zero-order valence-electron chi connectivity index (χ0n) is 16.9. The number of rotatable bonds is 6. The molecule has 2 fully saturated rings. The Morgan fingerprint density at radius 1 is 0.967 bits per heavy atom. The van der Waals surface area contributed by atoms with Crippen LogP contribution in [-0.2, 0) is 4.79 Å². The van der Waals surface area contributed by atoms with Crippen LogP contribution in [0.25, 0.3) is 11.4 Å². The molecule has 3 heterocycles. The Labute approximate surface area is 180 Å². The van der Waals surface area contributed by atoms with Crippen molar-refractivity contribution < 1.29 is 4.79 Å². The molecule has 1 saturated carbocycles. The van der Waals surface area contributed by atoms with E-state index in [1.165, 1.54) is 18.2 Å². The summed E-state index contributed by atoms with van der Waals surface area (Å²) < 4.78 is 2.22. The molecule has 2 aliphatic rings. The van der Waals surface area contributed by atoms with Crippen LogP contribution in [0.5, 0.6) is 0 Å². The van der Waals surface area contributed by atoms with Gasteiger partial charge >= 0.3 is 0 Å². The zero-order chi connectivity index (χ0) is 20.3. The summed E-state index contributed by atoms with van der Waals surface area (Å²) in [5, 5.41) is 9.55. The van der Waals surface area contributed by atoms with E-state index in [-0.39, 0.29) is 11.2 Å². The van der Waals surface area contributed by atoms with Gasteiger partial charge < -0.3 is 4.90 Å². The highest BCUT2D eigenvalue weighted by Crippen LogP contribution is 2.44. The van der Waals surface area contributed by atoms with Gasteiger partial charge in [-0.25, -0.2) is 0 Å². The molecule has 0 radical (unpaired) electrons. The van der Waals surface area contributed by atoms with E-state index in [0.29, 0.717) is 6.04 Å². The minimum atomic E-state index is -0.309. The first-order valence-corrected chi connectivity index (χ1v) is 11.5. The molecule has 1 aliphatic heterocycles. The number of amides is 1. The number of hydrogen-bond donors (Lipinski definition) is 0. The third-order valence-electron chi connectivity index (χ3n) is 5.73. The minimum Gasteiger partial charge on any atom is -0.341 e. The maximum Gasteiger partial charge on any atom is 0.240 e. The number of pyridine rings is 1. The van der Waals surface area contributed by atoms with E-state index in [9.17, 15) is 4.79 Å². The average Bonchev–Trinajstić information content (AvgIpc) is 3.58. The average molecular weight is 420 g/mol. The second-order valence-corrected chi connectivity index (χ2v) is 9.01. The van der Waals surface area contributed by atoms with Crippen LogP contribution in [0.1, 0.15) is 49.0 Å². The summed E-state index contributed by atoms with van der Waals surface area (Å²) in [7, 11) is 0.